The number of hydrogen-bond donors (Lipinski definition) is 0. The number of nitrogens with zero attached hydrogens (tertiary/aromatic N) is 2. The average molecular weight is 215 g/mol. The highest BCUT2D eigenvalue weighted by molar-refractivity contribution is 6.17. The quantitative estimate of drug-likeness (QED) is 0.703. The molecular formula is C10H12ClFN2. The zero-order valence-electron chi connectivity index (χ0n) is 7.79. The molecule has 0 saturated carbocycles. The van der Waals surface area contributed by atoms with Gasteiger partial charge in [-0.25, -0.2) is 9.37 Å². The van der Waals surface area contributed by atoms with Crippen LogP contribution in [0.3, 0.4) is 0 Å². The second-order valence-corrected chi connectivity index (χ2v) is 3.72. The van der Waals surface area contributed by atoms with Gasteiger partial charge in [-0.05, 0) is 12.5 Å². The van der Waals surface area contributed by atoms with Gasteiger partial charge in [-0.2, -0.15) is 0 Å². The lowest BCUT2D eigenvalue weighted by Crippen LogP contribution is -2.22. The molecule has 0 unspecified atom stereocenters. The number of halogens is 2. The van der Waals surface area contributed by atoms with Gasteiger partial charge in [-0.3, -0.25) is 0 Å². The van der Waals surface area contributed by atoms with Crippen molar-refractivity contribution in [3.05, 3.63) is 23.9 Å². The SMILES string of the molecule is F[C@@H]1CCN(c2ncccc2CCl)C1. The van der Waals surface area contributed by atoms with Crippen LogP contribution in [0.1, 0.15) is 12.0 Å². The Morgan fingerprint density at radius 3 is 3.14 bits per heavy atom. The van der Waals surface area contributed by atoms with E-state index in [1.54, 1.807) is 6.20 Å². The van der Waals surface area contributed by atoms with Gasteiger partial charge in [0.15, 0.2) is 0 Å². The largest absolute Gasteiger partial charge is 0.353 e. The molecular weight excluding hydrogens is 203 g/mol. The third kappa shape index (κ3) is 1.82. The Morgan fingerprint density at radius 1 is 1.64 bits per heavy atom. The minimum atomic E-state index is -0.722. The molecule has 1 aliphatic rings. The predicted molar refractivity (Wildman–Crippen MR) is 55.5 cm³/mol. The minimum absolute atomic E-state index is 0.427. The summed E-state index contributed by atoms with van der Waals surface area (Å²) in [6.07, 6.45) is 1.59. The van der Waals surface area contributed by atoms with Crippen LogP contribution in [0.4, 0.5) is 10.2 Å². The summed E-state index contributed by atoms with van der Waals surface area (Å²) >= 11 is 5.79. The summed E-state index contributed by atoms with van der Waals surface area (Å²) in [5.41, 5.74) is 0.975. The second-order valence-electron chi connectivity index (χ2n) is 3.45. The normalized spacial score (nSPS) is 21.6. The predicted octanol–water partition coefficient (Wildman–Crippen LogP) is 2.37. The van der Waals surface area contributed by atoms with Crippen LogP contribution < -0.4 is 4.90 Å². The highest BCUT2D eigenvalue weighted by Crippen LogP contribution is 2.24. The molecule has 1 aromatic heterocycles. The van der Waals surface area contributed by atoms with E-state index in [-0.39, 0.29) is 0 Å². The van der Waals surface area contributed by atoms with Gasteiger partial charge < -0.3 is 4.90 Å². The molecule has 0 spiro atoms. The zero-order chi connectivity index (χ0) is 9.97. The Morgan fingerprint density at radius 2 is 2.50 bits per heavy atom. The van der Waals surface area contributed by atoms with E-state index in [0.717, 1.165) is 17.9 Å². The molecule has 0 bridgehead atoms. The molecule has 2 nitrogen and oxygen atoms in total. The molecule has 2 rings (SSSR count). The highest BCUT2D eigenvalue weighted by atomic mass is 35.5. The summed E-state index contributed by atoms with van der Waals surface area (Å²) < 4.78 is 13.0. The minimum Gasteiger partial charge on any atom is -0.353 e. The number of rotatable bonds is 2. The maximum absolute atomic E-state index is 13.0. The van der Waals surface area contributed by atoms with Crippen molar-refractivity contribution in [3.8, 4) is 0 Å². The van der Waals surface area contributed by atoms with Crippen LogP contribution >= 0.6 is 11.6 Å². The van der Waals surface area contributed by atoms with E-state index in [0.29, 0.717) is 18.8 Å². The van der Waals surface area contributed by atoms with Gasteiger partial charge in [-0.1, -0.05) is 6.07 Å². The Balaban J connectivity index is 2.22. The Bertz CT molecular complexity index is 319. The summed E-state index contributed by atoms with van der Waals surface area (Å²) in [4.78, 5) is 6.20. The molecule has 14 heavy (non-hydrogen) atoms. The molecule has 0 N–H and O–H groups in total. The summed E-state index contributed by atoms with van der Waals surface area (Å²) in [5, 5.41) is 0. The van der Waals surface area contributed by atoms with Crippen LogP contribution in [0.5, 0.6) is 0 Å². The van der Waals surface area contributed by atoms with Crippen molar-refractivity contribution < 1.29 is 4.39 Å². The van der Waals surface area contributed by atoms with Crippen molar-refractivity contribution in [2.24, 2.45) is 0 Å². The number of anilines is 1. The van der Waals surface area contributed by atoms with Crippen molar-refractivity contribution in [3.63, 3.8) is 0 Å². The van der Waals surface area contributed by atoms with Gasteiger partial charge in [-0.15, -0.1) is 11.6 Å². The van der Waals surface area contributed by atoms with Gasteiger partial charge in [0.25, 0.3) is 0 Å². The molecule has 0 radical (unpaired) electrons. The first-order valence-electron chi connectivity index (χ1n) is 4.70. The summed E-state index contributed by atoms with van der Waals surface area (Å²) in [5.74, 6) is 1.26. The first-order chi connectivity index (χ1) is 6.81. The van der Waals surface area contributed by atoms with Crippen molar-refractivity contribution in [1.82, 2.24) is 4.98 Å². The third-order valence-electron chi connectivity index (χ3n) is 2.44. The zero-order valence-corrected chi connectivity index (χ0v) is 8.54. The Labute approximate surface area is 87.7 Å². The fourth-order valence-corrected chi connectivity index (χ4v) is 1.94. The molecule has 1 aromatic rings. The molecule has 1 saturated heterocycles. The Hall–Kier alpha value is -0.830. The van der Waals surface area contributed by atoms with Crippen LogP contribution in [0.25, 0.3) is 0 Å². The van der Waals surface area contributed by atoms with E-state index in [4.69, 9.17) is 11.6 Å². The van der Waals surface area contributed by atoms with Crippen LogP contribution in [0, 0.1) is 0 Å². The maximum Gasteiger partial charge on any atom is 0.133 e. The summed E-state index contributed by atoms with van der Waals surface area (Å²) in [6, 6.07) is 3.78. The number of alkyl halides is 2. The van der Waals surface area contributed by atoms with Gasteiger partial charge in [0.1, 0.15) is 12.0 Å². The number of hydrogen-bond acceptors (Lipinski definition) is 2. The molecule has 76 valence electrons. The third-order valence-corrected chi connectivity index (χ3v) is 2.73. The van der Waals surface area contributed by atoms with Crippen LogP contribution in [0.2, 0.25) is 0 Å². The van der Waals surface area contributed by atoms with Gasteiger partial charge >= 0.3 is 0 Å². The first kappa shape index (κ1) is 9.71. The van der Waals surface area contributed by atoms with Gasteiger partial charge in [0, 0.05) is 18.3 Å². The molecule has 2 heterocycles. The van der Waals surface area contributed by atoms with Crippen LogP contribution in [-0.4, -0.2) is 24.2 Å². The van der Waals surface area contributed by atoms with E-state index < -0.39 is 6.17 Å². The highest BCUT2D eigenvalue weighted by Gasteiger charge is 2.24. The van der Waals surface area contributed by atoms with Crippen LogP contribution in [0.15, 0.2) is 18.3 Å². The topological polar surface area (TPSA) is 16.1 Å². The summed E-state index contributed by atoms with van der Waals surface area (Å²) in [6.45, 7) is 1.18. The molecule has 1 atom stereocenters. The second kappa shape index (κ2) is 4.13. The van der Waals surface area contributed by atoms with Crippen molar-refractivity contribution in [2.45, 2.75) is 18.5 Å². The van der Waals surface area contributed by atoms with Crippen molar-refractivity contribution in [1.29, 1.82) is 0 Å². The standard InChI is InChI=1S/C10H12ClFN2/c11-6-8-2-1-4-13-10(8)14-5-3-9(12)7-14/h1-2,4,9H,3,5-7H2/t9-/m1/s1. The smallest absolute Gasteiger partial charge is 0.133 e. The lowest BCUT2D eigenvalue weighted by atomic mass is 10.3. The summed E-state index contributed by atoms with van der Waals surface area (Å²) in [7, 11) is 0. The average Bonchev–Trinajstić information content (AvgIpc) is 2.65. The lowest BCUT2D eigenvalue weighted by molar-refractivity contribution is 0.364. The van der Waals surface area contributed by atoms with Gasteiger partial charge in [0.2, 0.25) is 0 Å². The van der Waals surface area contributed by atoms with Crippen LogP contribution in [-0.2, 0) is 5.88 Å². The van der Waals surface area contributed by atoms with E-state index in [1.807, 2.05) is 17.0 Å². The fourth-order valence-electron chi connectivity index (χ4n) is 1.73. The van der Waals surface area contributed by atoms with E-state index in [1.165, 1.54) is 0 Å². The number of aromatic nitrogens is 1. The van der Waals surface area contributed by atoms with Gasteiger partial charge in [0.05, 0.1) is 12.4 Å². The molecule has 1 fully saturated rings. The number of pyridine rings is 1. The van der Waals surface area contributed by atoms with E-state index in [9.17, 15) is 4.39 Å². The van der Waals surface area contributed by atoms with E-state index in [2.05, 4.69) is 4.98 Å². The molecule has 4 heteroatoms. The van der Waals surface area contributed by atoms with Crippen molar-refractivity contribution >= 4 is 17.4 Å². The molecule has 1 aliphatic heterocycles. The lowest BCUT2D eigenvalue weighted by Gasteiger charge is -2.18. The van der Waals surface area contributed by atoms with E-state index >= 15 is 0 Å². The molecule has 0 aliphatic carbocycles. The fraction of sp³-hybridized carbons (Fsp3) is 0.500. The maximum atomic E-state index is 13.0. The molecule has 0 amide bonds. The van der Waals surface area contributed by atoms with Crippen molar-refractivity contribution in [2.75, 3.05) is 18.0 Å². The molecule has 0 aromatic carbocycles. The Kier molecular flexibility index (Phi) is 2.87. The first-order valence-corrected chi connectivity index (χ1v) is 5.23. The monoisotopic (exact) mass is 214 g/mol.